The van der Waals surface area contributed by atoms with Gasteiger partial charge in [0.1, 0.15) is 5.76 Å². The molecule has 1 aromatic heterocycles. The van der Waals surface area contributed by atoms with Crippen molar-refractivity contribution in [3.8, 4) is 0 Å². The number of furan rings is 1. The monoisotopic (exact) mass is 253 g/mol. The van der Waals surface area contributed by atoms with Crippen molar-refractivity contribution < 1.29 is 4.42 Å². The van der Waals surface area contributed by atoms with Gasteiger partial charge in [0.15, 0.2) is 0 Å². The second-order valence-electron chi connectivity index (χ2n) is 3.38. The number of nitrogens with two attached hydrogens (primary N) is 1. The van der Waals surface area contributed by atoms with E-state index in [1.54, 1.807) is 18.0 Å². The molecule has 2 rings (SSSR count). The third-order valence-corrected chi connectivity index (χ3v) is 3.56. The number of thioether (sulfide) groups is 1. The van der Waals surface area contributed by atoms with Crippen molar-refractivity contribution in [3.05, 3.63) is 52.9 Å². The third-order valence-electron chi connectivity index (χ3n) is 2.23. The summed E-state index contributed by atoms with van der Waals surface area (Å²) in [5, 5.41) is 0.729. The van der Waals surface area contributed by atoms with Crippen LogP contribution in [-0.4, -0.2) is 0 Å². The van der Waals surface area contributed by atoms with E-state index in [1.807, 2.05) is 30.3 Å². The van der Waals surface area contributed by atoms with Crippen LogP contribution in [0.15, 0.2) is 41.0 Å². The molecule has 0 spiro atoms. The molecular formula is C12H12ClNOS. The van der Waals surface area contributed by atoms with Crippen molar-refractivity contribution in [1.82, 2.24) is 0 Å². The highest BCUT2D eigenvalue weighted by Crippen LogP contribution is 2.27. The Kier molecular flexibility index (Phi) is 3.80. The van der Waals surface area contributed by atoms with Crippen LogP contribution in [0.25, 0.3) is 0 Å². The van der Waals surface area contributed by atoms with Gasteiger partial charge >= 0.3 is 0 Å². The molecule has 0 bridgehead atoms. The fourth-order valence-electron chi connectivity index (χ4n) is 1.38. The van der Waals surface area contributed by atoms with Gasteiger partial charge in [0, 0.05) is 22.0 Å². The number of halogens is 1. The number of hydrogen-bond acceptors (Lipinski definition) is 3. The molecule has 84 valence electrons. The number of nitrogen functional groups attached to an aromatic ring is 1. The Balaban J connectivity index is 1.95. The first kappa shape index (κ1) is 11.4. The van der Waals surface area contributed by atoms with E-state index in [2.05, 4.69) is 0 Å². The van der Waals surface area contributed by atoms with Gasteiger partial charge in [0.2, 0.25) is 0 Å². The smallest absolute Gasteiger partial charge is 0.113 e. The van der Waals surface area contributed by atoms with Crippen LogP contribution in [0.4, 0.5) is 5.69 Å². The molecular weight excluding hydrogens is 242 g/mol. The van der Waals surface area contributed by atoms with Gasteiger partial charge in [-0.15, -0.1) is 11.8 Å². The van der Waals surface area contributed by atoms with Gasteiger partial charge in [-0.25, -0.2) is 0 Å². The van der Waals surface area contributed by atoms with Crippen LogP contribution in [-0.2, 0) is 11.5 Å². The summed E-state index contributed by atoms with van der Waals surface area (Å²) >= 11 is 7.81. The SMILES string of the molecule is Nc1cccc(Cl)c1CSCc1ccco1. The second kappa shape index (κ2) is 5.32. The molecule has 2 nitrogen and oxygen atoms in total. The summed E-state index contributed by atoms with van der Waals surface area (Å²) in [7, 11) is 0. The van der Waals surface area contributed by atoms with E-state index >= 15 is 0 Å². The lowest BCUT2D eigenvalue weighted by Gasteiger charge is -2.06. The first-order valence-corrected chi connectivity index (χ1v) is 6.43. The lowest BCUT2D eigenvalue weighted by molar-refractivity contribution is 0.530. The van der Waals surface area contributed by atoms with E-state index in [9.17, 15) is 0 Å². The molecule has 1 heterocycles. The predicted octanol–water partition coefficient (Wildman–Crippen LogP) is 3.95. The highest BCUT2D eigenvalue weighted by molar-refractivity contribution is 7.97. The predicted molar refractivity (Wildman–Crippen MR) is 69.6 cm³/mol. The van der Waals surface area contributed by atoms with E-state index in [1.165, 1.54) is 0 Å². The fourth-order valence-corrected chi connectivity index (χ4v) is 2.70. The summed E-state index contributed by atoms with van der Waals surface area (Å²) in [4.78, 5) is 0. The first-order chi connectivity index (χ1) is 7.77. The maximum atomic E-state index is 6.07. The minimum atomic E-state index is 0.729. The summed E-state index contributed by atoms with van der Waals surface area (Å²) in [5.74, 6) is 2.60. The van der Waals surface area contributed by atoms with Crippen LogP contribution in [0.3, 0.4) is 0 Å². The van der Waals surface area contributed by atoms with E-state index in [0.717, 1.165) is 33.5 Å². The van der Waals surface area contributed by atoms with Gasteiger partial charge in [0.25, 0.3) is 0 Å². The second-order valence-corrected chi connectivity index (χ2v) is 4.77. The number of benzene rings is 1. The molecule has 0 unspecified atom stereocenters. The maximum Gasteiger partial charge on any atom is 0.113 e. The van der Waals surface area contributed by atoms with Crippen LogP contribution < -0.4 is 5.73 Å². The van der Waals surface area contributed by atoms with Gasteiger partial charge < -0.3 is 10.2 Å². The molecule has 4 heteroatoms. The minimum Gasteiger partial charge on any atom is -0.468 e. The van der Waals surface area contributed by atoms with Crippen molar-refractivity contribution in [2.75, 3.05) is 5.73 Å². The fraction of sp³-hybridized carbons (Fsp3) is 0.167. The standard InChI is InChI=1S/C12H12ClNOS/c13-11-4-1-5-12(14)10(11)8-16-7-9-3-2-6-15-9/h1-6H,7-8,14H2. The van der Waals surface area contributed by atoms with Crippen LogP contribution in [0.2, 0.25) is 5.02 Å². The van der Waals surface area contributed by atoms with E-state index in [-0.39, 0.29) is 0 Å². The van der Waals surface area contributed by atoms with Crippen molar-refractivity contribution in [3.63, 3.8) is 0 Å². The Morgan fingerprint density at radius 2 is 2.06 bits per heavy atom. The van der Waals surface area contributed by atoms with Gasteiger partial charge in [-0.3, -0.25) is 0 Å². The molecule has 0 fully saturated rings. The van der Waals surface area contributed by atoms with E-state index in [4.69, 9.17) is 21.8 Å². The minimum absolute atomic E-state index is 0.729. The Labute approximate surface area is 104 Å². The Morgan fingerprint density at radius 3 is 2.75 bits per heavy atom. The highest BCUT2D eigenvalue weighted by atomic mass is 35.5. The zero-order chi connectivity index (χ0) is 11.4. The average molecular weight is 254 g/mol. The molecule has 16 heavy (non-hydrogen) atoms. The van der Waals surface area contributed by atoms with Crippen molar-refractivity contribution in [2.45, 2.75) is 11.5 Å². The van der Waals surface area contributed by atoms with Gasteiger partial charge in [-0.2, -0.15) is 0 Å². The average Bonchev–Trinajstić information content (AvgIpc) is 2.75. The molecule has 0 aliphatic carbocycles. The molecule has 2 aromatic rings. The lowest BCUT2D eigenvalue weighted by Crippen LogP contribution is -1.93. The molecule has 0 amide bonds. The summed E-state index contributed by atoms with van der Waals surface area (Å²) in [6.45, 7) is 0. The van der Waals surface area contributed by atoms with Crippen LogP contribution in [0.5, 0.6) is 0 Å². The van der Waals surface area contributed by atoms with E-state index in [0.29, 0.717) is 0 Å². The van der Waals surface area contributed by atoms with Gasteiger partial charge in [0.05, 0.1) is 12.0 Å². The van der Waals surface area contributed by atoms with Gasteiger partial charge in [-0.05, 0) is 24.3 Å². The normalized spacial score (nSPS) is 10.6. The maximum absolute atomic E-state index is 6.07. The lowest BCUT2D eigenvalue weighted by atomic mass is 10.2. The largest absolute Gasteiger partial charge is 0.468 e. The molecule has 0 atom stereocenters. The Morgan fingerprint density at radius 1 is 1.19 bits per heavy atom. The molecule has 0 saturated heterocycles. The van der Waals surface area contributed by atoms with Crippen LogP contribution in [0, 0.1) is 0 Å². The number of anilines is 1. The summed E-state index contributed by atoms with van der Waals surface area (Å²) in [6.07, 6.45) is 1.68. The Hall–Kier alpha value is -1.06. The third kappa shape index (κ3) is 2.74. The summed E-state index contributed by atoms with van der Waals surface area (Å²) in [5.41, 5.74) is 7.61. The molecule has 1 aromatic carbocycles. The quantitative estimate of drug-likeness (QED) is 0.839. The zero-order valence-electron chi connectivity index (χ0n) is 8.65. The highest BCUT2D eigenvalue weighted by Gasteiger charge is 2.05. The number of rotatable bonds is 4. The zero-order valence-corrected chi connectivity index (χ0v) is 10.2. The van der Waals surface area contributed by atoms with Crippen LogP contribution in [0.1, 0.15) is 11.3 Å². The molecule has 0 aliphatic heterocycles. The van der Waals surface area contributed by atoms with Crippen LogP contribution >= 0.6 is 23.4 Å². The summed E-state index contributed by atoms with van der Waals surface area (Å²) in [6, 6.07) is 9.44. The molecule has 0 aliphatic rings. The summed E-state index contributed by atoms with van der Waals surface area (Å²) < 4.78 is 5.25. The van der Waals surface area contributed by atoms with Gasteiger partial charge in [-0.1, -0.05) is 17.7 Å². The van der Waals surface area contributed by atoms with Crippen molar-refractivity contribution in [2.24, 2.45) is 0 Å². The number of hydrogen-bond donors (Lipinski definition) is 1. The molecule has 0 radical (unpaired) electrons. The Bertz CT molecular complexity index is 436. The first-order valence-electron chi connectivity index (χ1n) is 4.90. The molecule has 0 saturated carbocycles. The van der Waals surface area contributed by atoms with Crippen molar-refractivity contribution >= 4 is 29.1 Å². The topological polar surface area (TPSA) is 39.2 Å². The molecule has 2 N–H and O–H groups in total. The van der Waals surface area contributed by atoms with Crippen molar-refractivity contribution in [1.29, 1.82) is 0 Å². The van der Waals surface area contributed by atoms with E-state index < -0.39 is 0 Å².